The van der Waals surface area contributed by atoms with E-state index < -0.39 is 29.5 Å². The standard InChI is InChI=1S/C31H39NO10/c1-31(2,3)42-30(35)32-12-8-9-19(16-32)29(34)41-22-14-18(10-11-21(22)36-4)13-20-17-40-23-15-24(37-5)27(38-6)28(39-7)25(23)26(20)33/h10-11,14-15,19-20H,8-9,12-13,16-17H2,1-7H3. The topological polar surface area (TPSA) is 119 Å². The molecule has 1 amide bonds. The first-order valence-electron chi connectivity index (χ1n) is 13.9. The van der Waals surface area contributed by atoms with Crippen LogP contribution in [0.15, 0.2) is 24.3 Å². The van der Waals surface area contributed by atoms with Crippen LogP contribution < -0.4 is 28.4 Å². The van der Waals surface area contributed by atoms with Crippen LogP contribution in [0.25, 0.3) is 0 Å². The van der Waals surface area contributed by atoms with Gasteiger partial charge in [0.15, 0.2) is 28.8 Å². The number of benzene rings is 2. The first-order valence-corrected chi connectivity index (χ1v) is 13.9. The minimum absolute atomic E-state index is 0.147. The second-order valence-corrected chi connectivity index (χ2v) is 11.3. The molecule has 2 atom stereocenters. The maximum Gasteiger partial charge on any atom is 0.410 e. The Bertz CT molecular complexity index is 1330. The van der Waals surface area contributed by atoms with E-state index in [2.05, 4.69) is 0 Å². The molecular formula is C31H39NO10. The molecule has 228 valence electrons. The van der Waals surface area contributed by atoms with Crippen molar-refractivity contribution in [3.63, 3.8) is 0 Å². The highest BCUT2D eigenvalue weighted by molar-refractivity contribution is 6.05. The number of hydrogen-bond donors (Lipinski definition) is 0. The van der Waals surface area contributed by atoms with Gasteiger partial charge in [-0.1, -0.05) is 6.07 Å². The fourth-order valence-corrected chi connectivity index (χ4v) is 5.17. The van der Waals surface area contributed by atoms with Crippen LogP contribution in [0.1, 0.15) is 49.5 Å². The number of piperidine rings is 1. The molecule has 0 spiro atoms. The highest BCUT2D eigenvalue weighted by atomic mass is 16.6. The molecule has 2 aromatic carbocycles. The van der Waals surface area contributed by atoms with E-state index in [-0.39, 0.29) is 30.4 Å². The van der Waals surface area contributed by atoms with Crippen LogP contribution in [0, 0.1) is 11.8 Å². The maximum atomic E-state index is 13.6. The third kappa shape index (κ3) is 6.66. The van der Waals surface area contributed by atoms with Crippen LogP contribution in [-0.2, 0) is 16.0 Å². The Morgan fingerprint density at radius 2 is 1.67 bits per heavy atom. The van der Waals surface area contributed by atoms with Gasteiger partial charge >= 0.3 is 12.1 Å². The molecule has 0 N–H and O–H groups in total. The zero-order valence-corrected chi connectivity index (χ0v) is 25.2. The summed E-state index contributed by atoms with van der Waals surface area (Å²) in [4.78, 5) is 40.9. The largest absolute Gasteiger partial charge is 0.493 e. The molecule has 0 aliphatic carbocycles. The number of carbonyl (C=O) groups excluding carboxylic acids is 3. The van der Waals surface area contributed by atoms with Gasteiger partial charge in [0.1, 0.15) is 16.9 Å². The molecule has 0 radical (unpaired) electrons. The Morgan fingerprint density at radius 1 is 0.952 bits per heavy atom. The fraction of sp³-hybridized carbons (Fsp3) is 0.516. The molecule has 11 heteroatoms. The van der Waals surface area contributed by atoms with Crippen LogP contribution >= 0.6 is 0 Å². The Kier molecular flexibility index (Phi) is 9.38. The van der Waals surface area contributed by atoms with Crippen molar-refractivity contribution in [2.24, 2.45) is 11.8 Å². The number of nitrogens with zero attached hydrogens (tertiary/aromatic N) is 1. The molecule has 1 saturated heterocycles. The molecule has 2 heterocycles. The molecule has 0 aromatic heterocycles. The predicted molar refractivity (Wildman–Crippen MR) is 152 cm³/mol. The Morgan fingerprint density at radius 3 is 2.31 bits per heavy atom. The zero-order valence-electron chi connectivity index (χ0n) is 25.2. The summed E-state index contributed by atoms with van der Waals surface area (Å²) in [5.41, 5.74) is 0.413. The van der Waals surface area contributed by atoms with Crippen molar-refractivity contribution in [1.82, 2.24) is 4.90 Å². The summed E-state index contributed by atoms with van der Waals surface area (Å²) in [6.45, 7) is 6.28. The van der Waals surface area contributed by atoms with Crippen molar-refractivity contribution in [2.75, 3.05) is 48.1 Å². The normalized spacial score (nSPS) is 18.4. The van der Waals surface area contributed by atoms with Crippen molar-refractivity contribution in [2.45, 2.75) is 45.6 Å². The monoisotopic (exact) mass is 585 g/mol. The first-order chi connectivity index (χ1) is 20.0. The van der Waals surface area contributed by atoms with E-state index in [0.717, 1.165) is 5.56 Å². The lowest BCUT2D eigenvalue weighted by molar-refractivity contribution is -0.140. The molecule has 0 bridgehead atoms. The summed E-state index contributed by atoms with van der Waals surface area (Å²) in [6, 6.07) is 6.82. The van der Waals surface area contributed by atoms with Gasteiger partial charge in [-0.15, -0.1) is 0 Å². The van der Waals surface area contributed by atoms with E-state index in [9.17, 15) is 14.4 Å². The molecule has 2 aromatic rings. The Hall–Kier alpha value is -4.15. The molecule has 4 rings (SSSR count). The van der Waals surface area contributed by atoms with Crippen molar-refractivity contribution >= 4 is 17.8 Å². The van der Waals surface area contributed by atoms with E-state index in [0.29, 0.717) is 54.4 Å². The Balaban J connectivity index is 1.50. The minimum atomic E-state index is -0.630. The van der Waals surface area contributed by atoms with Gasteiger partial charge in [0.2, 0.25) is 5.75 Å². The zero-order chi connectivity index (χ0) is 30.6. The van der Waals surface area contributed by atoms with Crippen LogP contribution in [0.4, 0.5) is 4.79 Å². The van der Waals surface area contributed by atoms with Gasteiger partial charge < -0.3 is 38.1 Å². The highest BCUT2D eigenvalue weighted by Gasteiger charge is 2.36. The van der Waals surface area contributed by atoms with E-state index in [1.54, 1.807) is 43.9 Å². The average molecular weight is 586 g/mol. The minimum Gasteiger partial charge on any atom is -0.493 e. The van der Waals surface area contributed by atoms with Crippen LogP contribution in [0.2, 0.25) is 0 Å². The number of ketones is 1. The summed E-state index contributed by atoms with van der Waals surface area (Å²) < 4.78 is 39.0. The van der Waals surface area contributed by atoms with Gasteiger partial charge in [0.05, 0.1) is 46.9 Å². The highest BCUT2D eigenvalue weighted by Crippen LogP contribution is 2.47. The third-order valence-electron chi connectivity index (χ3n) is 7.18. The molecular weight excluding hydrogens is 546 g/mol. The van der Waals surface area contributed by atoms with Crippen molar-refractivity contribution in [1.29, 1.82) is 0 Å². The average Bonchev–Trinajstić information content (AvgIpc) is 2.96. The summed E-state index contributed by atoms with van der Waals surface area (Å²) in [7, 11) is 5.91. The van der Waals surface area contributed by atoms with Crippen LogP contribution in [-0.4, -0.2) is 76.5 Å². The predicted octanol–water partition coefficient (Wildman–Crippen LogP) is 4.71. The second-order valence-electron chi connectivity index (χ2n) is 11.3. The summed E-state index contributed by atoms with van der Waals surface area (Å²) >= 11 is 0. The third-order valence-corrected chi connectivity index (χ3v) is 7.18. The first kappa shape index (κ1) is 30.8. The number of fused-ring (bicyclic) bond motifs is 1. The number of esters is 1. The lowest BCUT2D eigenvalue weighted by Crippen LogP contribution is -2.45. The molecule has 42 heavy (non-hydrogen) atoms. The van der Waals surface area contributed by atoms with Gasteiger partial charge in [0.25, 0.3) is 0 Å². The Labute approximate surface area is 245 Å². The lowest BCUT2D eigenvalue weighted by Gasteiger charge is -2.33. The smallest absolute Gasteiger partial charge is 0.410 e. The van der Waals surface area contributed by atoms with E-state index in [4.69, 9.17) is 33.2 Å². The number of ether oxygens (including phenoxy) is 7. The molecule has 2 aliphatic rings. The van der Waals surface area contributed by atoms with Crippen molar-refractivity contribution < 1.29 is 47.5 Å². The number of rotatable bonds is 8. The number of hydrogen-bond acceptors (Lipinski definition) is 10. The quantitative estimate of drug-likeness (QED) is 0.318. The molecule has 0 saturated carbocycles. The van der Waals surface area contributed by atoms with Gasteiger partial charge in [-0.2, -0.15) is 0 Å². The summed E-state index contributed by atoms with van der Waals surface area (Å²) in [5.74, 6) is 0.275. The van der Waals surface area contributed by atoms with E-state index in [1.807, 2.05) is 6.07 Å². The lowest BCUT2D eigenvalue weighted by atomic mass is 9.88. The van der Waals surface area contributed by atoms with Gasteiger partial charge in [0, 0.05) is 19.2 Å². The number of likely N-dealkylation sites (tertiary alicyclic amines) is 1. The maximum absolute atomic E-state index is 13.6. The number of amides is 1. The van der Waals surface area contributed by atoms with Crippen molar-refractivity contribution in [3.05, 3.63) is 35.4 Å². The second kappa shape index (κ2) is 12.8. The van der Waals surface area contributed by atoms with Crippen molar-refractivity contribution in [3.8, 4) is 34.5 Å². The number of methoxy groups -OCH3 is 4. The van der Waals surface area contributed by atoms with Gasteiger partial charge in [-0.3, -0.25) is 9.59 Å². The summed E-state index contributed by atoms with van der Waals surface area (Å²) in [6.07, 6.45) is 1.11. The van der Waals surface area contributed by atoms with Gasteiger partial charge in [-0.05, 0) is 57.7 Å². The van der Waals surface area contributed by atoms with E-state index >= 15 is 0 Å². The van der Waals surface area contributed by atoms with E-state index in [1.165, 1.54) is 28.4 Å². The molecule has 2 unspecified atom stereocenters. The van der Waals surface area contributed by atoms with Gasteiger partial charge in [-0.25, -0.2) is 4.79 Å². The number of carbonyl (C=O) groups is 3. The van der Waals surface area contributed by atoms with Crippen LogP contribution in [0.3, 0.4) is 0 Å². The molecule has 11 nitrogen and oxygen atoms in total. The summed E-state index contributed by atoms with van der Waals surface area (Å²) in [5, 5.41) is 0. The fourth-order valence-electron chi connectivity index (χ4n) is 5.17. The molecule has 1 fully saturated rings. The SMILES string of the molecule is COc1ccc(CC2COc3cc(OC)c(OC)c(OC)c3C2=O)cc1OC(=O)C1CCCN(C(=O)OC(C)(C)C)C1. The number of Topliss-reactive ketones (excluding diaryl/α,β-unsaturated/α-hetero) is 1. The molecule has 2 aliphatic heterocycles. The van der Waals surface area contributed by atoms with Crippen LogP contribution in [0.5, 0.6) is 34.5 Å².